The van der Waals surface area contributed by atoms with Gasteiger partial charge in [-0.3, -0.25) is 0 Å². The third kappa shape index (κ3) is 3.04. The lowest BCUT2D eigenvalue weighted by Crippen LogP contribution is -2.40. The summed E-state index contributed by atoms with van der Waals surface area (Å²) >= 11 is 6.02. The molecule has 0 saturated heterocycles. The van der Waals surface area contributed by atoms with E-state index in [4.69, 9.17) is 17.3 Å². The van der Waals surface area contributed by atoms with Gasteiger partial charge in [-0.15, -0.1) is 0 Å². The summed E-state index contributed by atoms with van der Waals surface area (Å²) in [6.07, 6.45) is 4.08. The summed E-state index contributed by atoms with van der Waals surface area (Å²) in [6, 6.07) is 5.23. The Morgan fingerprint density at radius 1 is 1.44 bits per heavy atom. The lowest BCUT2D eigenvalue weighted by atomic mass is 9.68. The van der Waals surface area contributed by atoms with Crippen molar-refractivity contribution in [1.29, 1.82) is 0 Å². The van der Waals surface area contributed by atoms with Gasteiger partial charge >= 0.3 is 0 Å². The van der Waals surface area contributed by atoms with E-state index in [1.165, 1.54) is 12.5 Å². The molecule has 0 aromatic heterocycles. The molecule has 1 aliphatic carbocycles. The molecular weight excluding hydrogens is 249 g/mol. The molecule has 1 saturated carbocycles. The van der Waals surface area contributed by atoms with Crippen LogP contribution in [0.25, 0.3) is 0 Å². The maximum Gasteiger partial charge on any atom is 0.142 e. The molecule has 0 heterocycles. The first kappa shape index (κ1) is 13.8. The molecule has 0 radical (unpaired) electrons. The van der Waals surface area contributed by atoms with Gasteiger partial charge in [0.2, 0.25) is 0 Å². The van der Waals surface area contributed by atoms with Gasteiger partial charge in [0.05, 0.1) is 5.02 Å². The smallest absolute Gasteiger partial charge is 0.142 e. The summed E-state index contributed by atoms with van der Waals surface area (Å²) < 4.78 is 13.4. The predicted molar refractivity (Wildman–Crippen MR) is 74.2 cm³/mol. The molecule has 2 rings (SSSR count). The quantitative estimate of drug-likeness (QED) is 0.857. The molecule has 18 heavy (non-hydrogen) atoms. The van der Waals surface area contributed by atoms with E-state index in [1.54, 1.807) is 6.07 Å². The fourth-order valence-corrected chi connectivity index (χ4v) is 3.17. The van der Waals surface area contributed by atoms with Crippen LogP contribution in [0.3, 0.4) is 0 Å². The lowest BCUT2D eigenvalue weighted by molar-refractivity contribution is 0.157. The van der Waals surface area contributed by atoms with Crippen LogP contribution in [0.1, 0.15) is 38.7 Å². The van der Waals surface area contributed by atoms with Crippen LogP contribution in [-0.4, -0.2) is 6.04 Å². The molecule has 0 aliphatic heterocycles. The Morgan fingerprint density at radius 2 is 2.17 bits per heavy atom. The molecule has 3 heteroatoms. The molecule has 2 atom stereocenters. The van der Waals surface area contributed by atoms with Gasteiger partial charge in [0, 0.05) is 6.04 Å². The summed E-state index contributed by atoms with van der Waals surface area (Å²) in [5.74, 6) is 0.0610. The molecule has 1 aliphatic rings. The van der Waals surface area contributed by atoms with Crippen molar-refractivity contribution in [2.75, 3.05) is 0 Å². The fourth-order valence-electron chi connectivity index (χ4n) is 2.97. The monoisotopic (exact) mass is 269 g/mol. The van der Waals surface area contributed by atoms with Crippen molar-refractivity contribution < 1.29 is 4.39 Å². The molecule has 1 fully saturated rings. The minimum atomic E-state index is -0.335. The van der Waals surface area contributed by atoms with Crippen molar-refractivity contribution in [3.05, 3.63) is 34.6 Å². The van der Waals surface area contributed by atoms with Crippen LogP contribution in [0.5, 0.6) is 0 Å². The Bertz CT molecular complexity index is 431. The molecule has 1 aromatic carbocycles. The Hall–Kier alpha value is -0.600. The zero-order valence-electron chi connectivity index (χ0n) is 11.0. The second-order valence-electron chi connectivity index (χ2n) is 6.25. The first-order chi connectivity index (χ1) is 8.39. The van der Waals surface area contributed by atoms with Crippen LogP contribution in [0.2, 0.25) is 5.02 Å². The van der Waals surface area contributed by atoms with Gasteiger partial charge in [0.25, 0.3) is 0 Å². The van der Waals surface area contributed by atoms with Gasteiger partial charge in [0.15, 0.2) is 0 Å². The summed E-state index contributed by atoms with van der Waals surface area (Å²) in [7, 11) is 0. The molecule has 2 unspecified atom stereocenters. The maximum atomic E-state index is 13.4. The molecule has 1 nitrogen and oxygen atoms in total. The number of hydrogen-bond donors (Lipinski definition) is 1. The number of benzene rings is 1. The van der Waals surface area contributed by atoms with Crippen molar-refractivity contribution in [3.63, 3.8) is 0 Å². The third-order valence-electron chi connectivity index (χ3n) is 4.09. The predicted octanol–water partition coefficient (Wildman–Crippen LogP) is 4.18. The SMILES string of the molecule is CC1(C)CCC(N)C(Cc2cccc(F)c2Cl)C1. The van der Waals surface area contributed by atoms with Crippen LogP contribution in [0.15, 0.2) is 18.2 Å². The summed E-state index contributed by atoms with van der Waals surface area (Å²) in [6.45, 7) is 4.55. The Balaban J connectivity index is 2.15. The standard InChI is InChI=1S/C15H21ClFN/c1-15(2)7-6-13(18)11(9-15)8-10-4-3-5-12(17)14(10)16/h3-5,11,13H,6-9,18H2,1-2H3. The van der Waals surface area contributed by atoms with E-state index in [-0.39, 0.29) is 16.9 Å². The van der Waals surface area contributed by atoms with Crippen LogP contribution in [-0.2, 0) is 6.42 Å². The third-order valence-corrected chi connectivity index (χ3v) is 4.51. The van der Waals surface area contributed by atoms with Gasteiger partial charge in [-0.25, -0.2) is 4.39 Å². The minimum Gasteiger partial charge on any atom is -0.327 e. The van der Waals surface area contributed by atoms with Gasteiger partial charge in [0.1, 0.15) is 5.82 Å². The Kier molecular flexibility index (Phi) is 3.98. The van der Waals surface area contributed by atoms with Crippen molar-refractivity contribution >= 4 is 11.6 Å². The normalized spacial score (nSPS) is 27.2. The Morgan fingerprint density at radius 3 is 2.89 bits per heavy atom. The molecule has 100 valence electrons. The minimum absolute atomic E-state index is 0.206. The lowest BCUT2D eigenvalue weighted by Gasteiger charge is -2.39. The van der Waals surface area contributed by atoms with E-state index in [0.29, 0.717) is 11.3 Å². The molecule has 0 amide bonds. The zero-order chi connectivity index (χ0) is 13.3. The molecule has 0 spiro atoms. The first-order valence-electron chi connectivity index (χ1n) is 6.57. The van der Waals surface area contributed by atoms with E-state index in [9.17, 15) is 4.39 Å². The first-order valence-corrected chi connectivity index (χ1v) is 6.95. The van der Waals surface area contributed by atoms with Gasteiger partial charge in [-0.05, 0) is 48.6 Å². The summed E-state index contributed by atoms with van der Waals surface area (Å²) in [5, 5.41) is 0.257. The van der Waals surface area contributed by atoms with Crippen LogP contribution in [0.4, 0.5) is 4.39 Å². The van der Waals surface area contributed by atoms with E-state index in [0.717, 1.165) is 24.8 Å². The number of nitrogens with two attached hydrogens (primary N) is 1. The molecule has 2 N–H and O–H groups in total. The van der Waals surface area contributed by atoms with Crippen LogP contribution in [0, 0.1) is 17.2 Å². The molecule has 1 aromatic rings. The fraction of sp³-hybridized carbons (Fsp3) is 0.600. The van der Waals surface area contributed by atoms with E-state index < -0.39 is 0 Å². The summed E-state index contributed by atoms with van der Waals surface area (Å²) in [4.78, 5) is 0. The summed E-state index contributed by atoms with van der Waals surface area (Å²) in [5.41, 5.74) is 7.42. The second-order valence-corrected chi connectivity index (χ2v) is 6.63. The highest BCUT2D eigenvalue weighted by Crippen LogP contribution is 2.40. The van der Waals surface area contributed by atoms with Gasteiger partial charge < -0.3 is 5.73 Å². The number of rotatable bonds is 2. The second kappa shape index (κ2) is 5.18. The Labute approximate surface area is 114 Å². The van der Waals surface area contributed by atoms with Crippen molar-refractivity contribution in [2.24, 2.45) is 17.1 Å². The highest BCUT2D eigenvalue weighted by Gasteiger charge is 2.33. The highest BCUT2D eigenvalue weighted by molar-refractivity contribution is 6.31. The largest absolute Gasteiger partial charge is 0.327 e. The van der Waals surface area contributed by atoms with Crippen molar-refractivity contribution in [2.45, 2.75) is 45.6 Å². The van der Waals surface area contributed by atoms with E-state index in [2.05, 4.69) is 13.8 Å². The number of hydrogen-bond acceptors (Lipinski definition) is 1. The van der Waals surface area contributed by atoms with E-state index >= 15 is 0 Å². The van der Waals surface area contributed by atoms with Gasteiger partial charge in [-0.2, -0.15) is 0 Å². The average molecular weight is 270 g/mol. The van der Waals surface area contributed by atoms with Gasteiger partial charge in [-0.1, -0.05) is 37.6 Å². The molecule has 0 bridgehead atoms. The van der Waals surface area contributed by atoms with Crippen molar-refractivity contribution in [1.82, 2.24) is 0 Å². The maximum absolute atomic E-state index is 13.4. The molecular formula is C15H21ClFN. The van der Waals surface area contributed by atoms with Crippen LogP contribution >= 0.6 is 11.6 Å². The van der Waals surface area contributed by atoms with Crippen LogP contribution < -0.4 is 5.73 Å². The van der Waals surface area contributed by atoms with E-state index in [1.807, 2.05) is 6.07 Å². The zero-order valence-corrected chi connectivity index (χ0v) is 11.8. The number of halogens is 2. The van der Waals surface area contributed by atoms with Crippen molar-refractivity contribution in [3.8, 4) is 0 Å². The highest BCUT2D eigenvalue weighted by atomic mass is 35.5. The average Bonchev–Trinajstić information content (AvgIpc) is 2.29. The topological polar surface area (TPSA) is 26.0 Å².